The lowest BCUT2D eigenvalue weighted by molar-refractivity contribution is -0.141. The van der Waals surface area contributed by atoms with Crippen molar-refractivity contribution in [1.82, 2.24) is 4.90 Å². The van der Waals surface area contributed by atoms with Gasteiger partial charge in [0.2, 0.25) is 7.37 Å². The lowest BCUT2D eigenvalue weighted by atomic mass is 9.99. The van der Waals surface area contributed by atoms with Crippen LogP contribution in [0.15, 0.2) is 42.5 Å². The first-order valence-electron chi connectivity index (χ1n) is 9.33. The van der Waals surface area contributed by atoms with E-state index in [0.29, 0.717) is 32.5 Å². The minimum atomic E-state index is -3.79. The predicted octanol–water partition coefficient (Wildman–Crippen LogP) is 2.88. The maximum absolute atomic E-state index is 12.8. The van der Waals surface area contributed by atoms with Crippen LogP contribution in [-0.2, 0) is 15.9 Å². The molecule has 3 rings (SSSR count). The fourth-order valence-corrected chi connectivity index (χ4v) is 6.13. The van der Waals surface area contributed by atoms with Crippen molar-refractivity contribution >= 4 is 24.1 Å². The molecule has 0 radical (unpaired) electrons. The largest absolute Gasteiger partial charge is 0.480 e. The number of nitrogens with two attached hydrogens (primary N) is 1. The third kappa shape index (κ3) is 4.09. The average Bonchev–Trinajstić information content (AvgIpc) is 2.64. The van der Waals surface area contributed by atoms with Gasteiger partial charge in [0.1, 0.15) is 0 Å². The van der Waals surface area contributed by atoms with Crippen molar-refractivity contribution < 1.29 is 19.4 Å². The summed E-state index contributed by atoms with van der Waals surface area (Å²) in [5.41, 5.74) is 6.59. The molecule has 2 aromatic carbocycles. The molecule has 0 aliphatic carbocycles. The minimum absolute atomic E-state index is 0.00943. The van der Waals surface area contributed by atoms with Gasteiger partial charge in [0, 0.05) is 25.8 Å². The van der Waals surface area contributed by atoms with Crippen LogP contribution in [0.25, 0.3) is 10.8 Å². The lowest BCUT2D eigenvalue weighted by Crippen LogP contribution is -2.53. The normalized spacial score (nSPS) is 26.3. The molecule has 0 spiro atoms. The van der Waals surface area contributed by atoms with E-state index in [4.69, 9.17) is 5.73 Å². The first kappa shape index (κ1) is 20.0. The number of carbonyl (C=O) groups is 1. The minimum Gasteiger partial charge on any atom is -0.480 e. The van der Waals surface area contributed by atoms with E-state index in [2.05, 4.69) is 18.2 Å². The summed E-state index contributed by atoms with van der Waals surface area (Å²) in [7, 11) is -3.79. The Morgan fingerprint density at radius 2 is 1.93 bits per heavy atom. The Kier molecular flexibility index (Phi) is 6.02. The number of nitrogens with zero attached hydrogens (tertiary/aromatic N) is 1. The van der Waals surface area contributed by atoms with Crippen LogP contribution in [0, 0.1) is 0 Å². The average molecular weight is 390 g/mol. The van der Waals surface area contributed by atoms with Crippen LogP contribution < -0.4 is 5.73 Å². The second kappa shape index (κ2) is 8.11. The van der Waals surface area contributed by atoms with Gasteiger partial charge < -0.3 is 15.7 Å². The van der Waals surface area contributed by atoms with Crippen molar-refractivity contribution in [2.24, 2.45) is 5.73 Å². The van der Waals surface area contributed by atoms with Gasteiger partial charge >= 0.3 is 5.97 Å². The summed E-state index contributed by atoms with van der Waals surface area (Å²) >= 11 is 0. The lowest BCUT2D eigenvalue weighted by Gasteiger charge is -2.43. The SMILES string of the molecule is NCCCCC1(C(=O)O)CN(Cc2ccc3ccccc3c2)CCP1(=O)O. The third-order valence-corrected chi connectivity index (χ3v) is 8.24. The molecule has 6 nitrogen and oxygen atoms in total. The second-order valence-corrected chi connectivity index (χ2v) is 10.1. The van der Waals surface area contributed by atoms with E-state index in [-0.39, 0.29) is 19.1 Å². The fourth-order valence-electron chi connectivity index (χ4n) is 3.92. The van der Waals surface area contributed by atoms with E-state index in [0.717, 1.165) is 16.3 Å². The molecule has 2 atom stereocenters. The van der Waals surface area contributed by atoms with Crippen molar-refractivity contribution in [2.45, 2.75) is 31.0 Å². The van der Waals surface area contributed by atoms with Crippen molar-refractivity contribution in [3.8, 4) is 0 Å². The number of aliphatic carboxylic acids is 1. The standard InChI is InChI=1S/C20H27N2O4P/c21-10-4-3-9-20(19(23)24)15-22(11-12-27(20,25)26)14-16-7-8-17-5-1-2-6-18(17)13-16/h1-2,5-8,13H,3-4,9-12,14-15,21H2,(H,23,24)(H,25,26). The monoisotopic (exact) mass is 390 g/mol. The maximum atomic E-state index is 12.8. The van der Waals surface area contributed by atoms with E-state index in [1.807, 2.05) is 29.2 Å². The molecule has 1 heterocycles. The van der Waals surface area contributed by atoms with Gasteiger partial charge in [-0.1, -0.05) is 42.8 Å². The van der Waals surface area contributed by atoms with Crippen molar-refractivity contribution in [1.29, 1.82) is 0 Å². The summed E-state index contributed by atoms with van der Waals surface area (Å²) in [4.78, 5) is 24.6. The van der Waals surface area contributed by atoms with Gasteiger partial charge in [-0.05, 0) is 41.8 Å². The molecule has 0 aromatic heterocycles. The molecule has 4 N–H and O–H groups in total. The Bertz CT molecular complexity index is 872. The number of unbranched alkanes of at least 4 members (excludes halogenated alkanes) is 1. The molecule has 1 saturated heterocycles. The highest BCUT2D eigenvalue weighted by molar-refractivity contribution is 7.61. The molecule has 1 aliphatic rings. The summed E-state index contributed by atoms with van der Waals surface area (Å²) in [6.07, 6.45) is 1.38. The van der Waals surface area contributed by atoms with E-state index < -0.39 is 18.5 Å². The molecular weight excluding hydrogens is 363 g/mol. The van der Waals surface area contributed by atoms with Crippen LogP contribution in [-0.4, -0.2) is 51.8 Å². The Labute approximate surface area is 159 Å². The Hall–Kier alpha value is -1.72. The molecule has 2 unspecified atom stereocenters. The summed E-state index contributed by atoms with van der Waals surface area (Å²) in [5, 5.41) is 10.5. The summed E-state index contributed by atoms with van der Waals surface area (Å²) < 4.78 is 12.8. The third-order valence-electron chi connectivity index (χ3n) is 5.54. The topological polar surface area (TPSA) is 104 Å². The molecule has 27 heavy (non-hydrogen) atoms. The van der Waals surface area contributed by atoms with Gasteiger partial charge in [-0.15, -0.1) is 0 Å². The van der Waals surface area contributed by atoms with Gasteiger partial charge in [-0.3, -0.25) is 14.3 Å². The first-order chi connectivity index (χ1) is 12.9. The second-order valence-electron chi connectivity index (χ2n) is 7.40. The zero-order chi connectivity index (χ0) is 19.5. The van der Waals surface area contributed by atoms with Crippen molar-refractivity contribution in [2.75, 3.05) is 25.8 Å². The predicted molar refractivity (Wildman–Crippen MR) is 107 cm³/mol. The summed E-state index contributed by atoms with van der Waals surface area (Å²) in [5.74, 6) is -1.17. The summed E-state index contributed by atoms with van der Waals surface area (Å²) in [6, 6.07) is 14.3. The number of carboxylic acid groups (broad SMARTS) is 1. The smallest absolute Gasteiger partial charge is 0.320 e. The van der Waals surface area contributed by atoms with Crippen LogP contribution in [0.5, 0.6) is 0 Å². The number of rotatable bonds is 7. The van der Waals surface area contributed by atoms with Gasteiger partial charge in [0.15, 0.2) is 5.16 Å². The van der Waals surface area contributed by atoms with Crippen molar-refractivity contribution in [3.05, 3.63) is 48.0 Å². The van der Waals surface area contributed by atoms with Gasteiger partial charge in [0.25, 0.3) is 0 Å². The highest BCUT2D eigenvalue weighted by atomic mass is 31.2. The molecule has 2 aromatic rings. The zero-order valence-corrected chi connectivity index (χ0v) is 16.3. The number of hydrogen-bond donors (Lipinski definition) is 3. The molecule has 0 amide bonds. The van der Waals surface area contributed by atoms with Crippen LogP contribution in [0.2, 0.25) is 0 Å². The number of carboxylic acids is 1. The Balaban J connectivity index is 1.81. The quantitative estimate of drug-likeness (QED) is 0.496. The van der Waals surface area contributed by atoms with Gasteiger partial charge in [0.05, 0.1) is 0 Å². The van der Waals surface area contributed by atoms with Crippen molar-refractivity contribution in [3.63, 3.8) is 0 Å². The Morgan fingerprint density at radius 1 is 1.19 bits per heavy atom. The van der Waals surface area contributed by atoms with E-state index in [1.54, 1.807) is 0 Å². The van der Waals surface area contributed by atoms with Gasteiger partial charge in [-0.2, -0.15) is 0 Å². The highest BCUT2D eigenvalue weighted by Crippen LogP contribution is 2.59. The van der Waals surface area contributed by atoms with E-state index >= 15 is 0 Å². The number of hydrogen-bond acceptors (Lipinski definition) is 4. The maximum Gasteiger partial charge on any atom is 0.320 e. The molecule has 1 fully saturated rings. The van der Waals surface area contributed by atoms with Gasteiger partial charge in [-0.25, -0.2) is 0 Å². The van der Waals surface area contributed by atoms with Crippen LogP contribution >= 0.6 is 7.37 Å². The fraction of sp³-hybridized carbons (Fsp3) is 0.450. The number of fused-ring (bicyclic) bond motifs is 1. The number of benzene rings is 2. The molecular formula is C20H27N2O4P. The first-order valence-corrected chi connectivity index (χ1v) is 11.2. The van der Waals surface area contributed by atoms with Crippen LogP contribution in [0.1, 0.15) is 24.8 Å². The molecule has 0 bridgehead atoms. The molecule has 1 aliphatic heterocycles. The summed E-state index contributed by atoms with van der Waals surface area (Å²) in [6.45, 7) is 1.53. The van der Waals surface area contributed by atoms with E-state index in [9.17, 15) is 19.4 Å². The molecule has 7 heteroatoms. The van der Waals surface area contributed by atoms with Crippen LogP contribution in [0.4, 0.5) is 0 Å². The molecule has 0 saturated carbocycles. The zero-order valence-electron chi connectivity index (χ0n) is 15.4. The Morgan fingerprint density at radius 3 is 2.63 bits per heavy atom. The molecule has 146 valence electrons. The van der Waals surface area contributed by atoms with E-state index in [1.165, 1.54) is 0 Å². The van der Waals surface area contributed by atoms with Crippen LogP contribution in [0.3, 0.4) is 0 Å². The highest BCUT2D eigenvalue weighted by Gasteiger charge is 2.56.